The number of fused-ring (bicyclic) bond motifs is 1. The topological polar surface area (TPSA) is 47.6 Å². The maximum absolute atomic E-state index is 9.31. The van der Waals surface area contributed by atoms with Crippen molar-refractivity contribution < 1.29 is 0 Å². The Morgan fingerprint density at radius 3 is 2.32 bits per heavy atom. The van der Waals surface area contributed by atoms with Crippen LogP contribution >= 0.6 is 0 Å². The first kappa shape index (κ1) is 15.4. The lowest BCUT2D eigenvalue weighted by Gasteiger charge is -2.33. The van der Waals surface area contributed by atoms with Crippen LogP contribution in [0.25, 0.3) is 5.57 Å². The van der Waals surface area contributed by atoms with Gasteiger partial charge in [0.25, 0.3) is 0 Å². The van der Waals surface area contributed by atoms with E-state index in [9.17, 15) is 10.5 Å². The normalized spacial score (nSPS) is 30.4. The van der Waals surface area contributed by atoms with E-state index in [-0.39, 0.29) is 11.5 Å². The van der Waals surface area contributed by atoms with Gasteiger partial charge in [-0.25, -0.2) is 0 Å². The second kappa shape index (κ2) is 6.08. The van der Waals surface area contributed by atoms with Crippen LogP contribution in [-0.2, 0) is 0 Å². The number of hydrogen-bond acceptors (Lipinski definition) is 2. The number of allylic oxidation sites excluding steroid dienone is 10. The van der Waals surface area contributed by atoms with Gasteiger partial charge in [0.1, 0.15) is 17.7 Å². The van der Waals surface area contributed by atoms with Crippen LogP contribution in [0.15, 0.2) is 83.5 Å². The first-order chi connectivity index (χ1) is 12.2. The van der Waals surface area contributed by atoms with Crippen LogP contribution in [-0.4, -0.2) is 0 Å². The number of hydrogen-bond donors (Lipinski definition) is 0. The third-order valence-corrected chi connectivity index (χ3v) is 5.65. The van der Waals surface area contributed by atoms with Crippen LogP contribution in [0, 0.1) is 46.3 Å². The van der Waals surface area contributed by atoms with Crippen LogP contribution in [0.4, 0.5) is 0 Å². The van der Waals surface area contributed by atoms with Gasteiger partial charge in [-0.3, -0.25) is 0 Å². The van der Waals surface area contributed by atoms with Crippen LogP contribution in [0.5, 0.6) is 0 Å². The zero-order valence-electron chi connectivity index (χ0n) is 14.1. The fraction of sp³-hybridized carbons (Fsp3) is 0.217. The summed E-state index contributed by atoms with van der Waals surface area (Å²) in [5.41, 5.74) is 5.03. The SMILES string of the molecule is C/C(=C1/C=C[C@@H]2[C@H]1[C@H]1C=CC(=C(C#N)C#N)[C@@H]2C=C1)c1ccccc1. The average molecular weight is 322 g/mol. The molecule has 2 bridgehead atoms. The highest BCUT2D eigenvalue weighted by atomic mass is 14.5. The zero-order valence-corrected chi connectivity index (χ0v) is 14.1. The largest absolute Gasteiger partial charge is 0.192 e. The van der Waals surface area contributed by atoms with E-state index in [1.165, 1.54) is 16.7 Å². The summed E-state index contributed by atoms with van der Waals surface area (Å²) in [6.45, 7) is 2.19. The Balaban J connectivity index is 1.82. The molecule has 1 aromatic rings. The molecule has 4 aliphatic carbocycles. The van der Waals surface area contributed by atoms with Crippen molar-refractivity contribution in [2.75, 3.05) is 0 Å². The van der Waals surface area contributed by atoms with Crippen molar-refractivity contribution in [3.05, 3.63) is 89.1 Å². The highest BCUT2D eigenvalue weighted by Gasteiger charge is 2.42. The van der Waals surface area contributed by atoms with Gasteiger partial charge in [0.15, 0.2) is 0 Å². The third kappa shape index (κ3) is 2.39. The first-order valence-electron chi connectivity index (χ1n) is 8.60. The van der Waals surface area contributed by atoms with Gasteiger partial charge < -0.3 is 0 Å². The van der Waals surface area contributed by atoms with Crippen molar-refractivity contribution >= 4 is 5.57 Å². The van der Waals surface area contributed by atoms with Gasteiger partial charge >= 0.3 is 0 Å². The number of nitriles is 2. The minimum atomic E-state index is 0.103. The molecule has 0 N–H and O–H groups in total. The quantitative estimate of drug-likeness (QED) is 0.541. The van der Waals surface area contributed by atoms with Gasteiger partial charge in [0.2, 0.25) is 0 Å². The first-order valence-corrected chi connectivity index (χ1v) is 8.60. The third-order valence-electron chi connectivity index (χ3n) is 5.65. The maximum atomic E-state index is 9.31. The molecule has 0 spiro atoms. The number of rotatable bonds is 1. The van der Waals surface area contributed by atoms with Crippen molar-refractivity contribution in [1.82, 2.24) is 0 Å². The Morgan fingerprint density at radius 2 is 1.60 bits per heavy atom. The molecule has 0 saturated carbocycles. The molecule has 0 aromatic heterocycles. The minimum absolute atomic E-state index is 0.103. The molecule has 4 aliphatic rings. The molecule has 0 amide bonds. The molecule has 120 valence electrons. The predicted octanol–water partition coefficient (Wildman–Crippen LogP) is 4.98. The standard InChI is InChI=1S/C23H18N2/c1-15(16-5-3-2-4-6-16)19-11-12-22-21-10-8-17(23(19)22)7-9-20(21)18(13-24)14-25/h2-12,17,21-23H,1H3/b19-15+/t17-,21-,22-,23-/m0/s1. The molecule has 2 heteroatoms. The van der Waals surface area contributed by atoms with Crippen LogP contribution in [0.2, 0.25) is 0 Å². The summed E-state index contributed by atoms with van der Waals surface area (Å²) < 4.78 is 0. The maximum Gasteiger partial charge on any atom is 0.133 e. The van der Waals surface area contributed by atoms with Gasteiger partial charge in [-0.1, -0.05) is 66.8 Å². The molecule has 0 aliphatic heterocycles. The molecular formula is C23H18N2. The van der Waals surface area contributed by atoms with Gasteiger partial charge in [0, 0.05) is 17.8 Å². The van der Waals surface area contributed by atoms with Crippen molar-refractivity contribution in [3.63, 3.8) is 0 Å². The van der Waals surface area contributed by atoms with E-state index < -0.39 is 0 Å². The lowest BCUT2D eigenvalue weighted by Crippen LogP contribution is -2.27. The molecule has 4 atom stereocenters. The highest BCUT2D eigenvalue weighted by Crippen LogP contribution is 2.51. The fourth-order valence-electron chi connectivity index (χ4n) is 4.41. The molecule has 0 unspecified atom stereocenters. The molecule has 5 rings (SSSR count). The molecular weight excluding hydrogens is 304 g/mol. The predicted molar refractivity (Wildman–Crippen MR) is 98.7 cm³/mol. The van der Waals surface area contributed by atoms with Gasteiger partial charge in [-0.2, -0.15) is 10.5 Å². The Hall–Kier alpha value is -3.10. The fourth-order valence-corrected chi connectivity index (χ4v) is 4.41. The van der Waals surface area contributed by atoms with Crippen molar-refractivity contribution in [2.45, 2.75) is 6.92 Å². The van der Waals surface area contributed by atoms with E-state index in [1.54, 1.807) is 0 Å². The number of nitrogens with zero attached hydrogens (tertiary/aromatic N) is 2. The van der Waals surface area contributed by atoms with Gasteiger partial charge in [0.05, 0.1) is 0 Å². The Bertz CT molecular complexity index is 926. The molecule has 0 fully saturated rings. The monoisotopic (exact) mass is 322 g/mol. The summed E-state index contributed by atoms with van der Waals surface area (Å²) in [5, 5.41) is 18.6. The second-order valence-corrected chi connectivity index (χ2v) is 6.81. The second-order valence-electron chi connectivity index (χ2n) is 6.81. The number of benzene rings is 1. The van der Waals surface area contributed by atoms with E-state index in [1.807, 2.05) is 12.1 Å². The lowest BCUT2D eigenvalue weighted by molar-refractivity contribution is 0.359. The van der Waals surface area contributed by atoms with E-state index >= 15 is 0 Å². The van der Waals surface area contributed by atoms with E-state index in [4.69, 9.17) is 0 Å². The van der Waals surface area contributed by atoms with E-state index in [2.05, 4.69) is 73.7 Å². The van der Waals surface area contributed by atoms with Crippen molar-refractivity contribution in [3.8, 4) is 12.1 Å². The lowest BCUT2D eigenvalue weighted by atomic mass is 9.69. The molecule has 2 nitrogen and oxygen atoms in total. The van der Waals surface area contributed by atoms with Crippen LogP contribution in [0.1, 0.15) is 12.5 Å². The van der Waals surface area contributed by atoms with Gasteiger partial charge in [-0.05, 0) is 35.1 Å². The van der Waals surface area contributed by atoms with Crippen LogP contribution in [0.3, 0.4) is 0 Å². The van der Waals surface area contributed by atoms with Gasteiger partial charge in [-0.15, -0.1) is 0 Å². The molecule has 25 heavy (non-hydrogen) atoms. The summed E-state index contributed by atoms with van der Waals surface area (Å²) >= 11 is 0. The molecule has 0 radical (unpaired) electrons. The summed E-state index contributed by atoms with van der Waals surface area (Å²) in [5.74, 6) is 1.10. The Labute approximate surface area is 148 Å². The smallest absolute Gasteiger partial charge is 0.133 e. The summed E-state index contributed by atoms with van der Waals surface area (Å²) in [7, 11) is 0. The van der Waals surface area contributed by atoms with E-state index in [0.29, 0.717) is 17.8 Å². The highest BCUT2D eigenvalue weighted by molar-refractivity contribution is 5.71. The zero-order chi connectivity index (χ0) is 17.4. The minimum Gasteiger partial charge on any atom is -0.192 e. The summed E-state index contributed by atoms with van der Waals surface area (Å²) in [6, 6.07) is 14.6. The Morgan fingerprint density at radius 1 is 0.880 bits per heavy atom. The van der Waals surface area contributed by atoms with Crippen molar-refractivity contribution in [1.29, 1.82) is 10.5 Å². The summed E-state index contributed by atoms with van der Waals surface area (Å²) in [4.78, 5) is 0. The molecule has 1 aromatic carbocycles. The van der Waals surface area contributed by atoms with E-state index in [0.717, 1.165) is 5.57 Å². The molecule has 0 heterocycles. The van der Waals surface area contributed by atoms with Crippen molar-refractivity contribution in [2.24, 2.45) is 23.7 Å². The summed E-state index contributed by atoms with van der Waals surface area (Å²) in [6.07, 6.45) is 13.1. The molecule has 0 saturated heterocycles. The Kier molecular flexibility index (Phi) is 3.75. The average Bonchev–Trinajstić information content (AvgIpc) is 2.94. The van der Waals surface area contributed by atoms with Crippen LogP contribution < -0.4 is 0 Å².